The first-order valence-electron chi connectivity index (χ1n) is 6.02. The van der Waals surface area contributed by atoms with E-state index in [0.717, 1.165) is 12.0 Å². The largest absolute Gasteiger partial charge is 0.294 e. The average Bonchev–Trinajstić information content (AvgIpc) is 2.42. The number of aryl methyl sites for hydroxylation is 1. The minimum Gasteiger partial charge on any atom is -0.294 e. The highest BCUT2D eigenvalue weighted by atomic mass is 35.5. The predicted octanol–water partition coefficient (Wildman–Crippen LogP) is 4.38. The third-order valence-corrected chi connectivity index (χ3v) is 3.69. The molecule has 0 bridgehead atoms. The monoisotopic (exact) mass is 293 g/mol. The van der Waals surface area contributed by atoms with Crippen LogP contribution >= 0.6 is 23.2 Å². The van der Waals surface area contributed by atoms with Gasteiger partial charge in [0.15, 0.2) is 5.78 Å². The molecule has 0 aliphatic carbocycles. The fraction of sp³-hybridized carbons (Fsp3) is 0.200. The van der Waals surface area contributed by atoms with Crippen molar-refractivity contribution in [1.82, 2.24) is 4.98 Å². The second-order valence-electron chi connectivity index (χ2n) is 4.19. The van der Waals surface area contributed by atoms with Crippen molar-refractivity contribution >= 4 is 29.0 Å². The van der Waals surface area contributed by atoms with Crippen LogP contribution in [0.4, 0.5) is 0 Å². The molecule has 0 saturated carbocycles. The van der Waals surface area contributed by atoms with Gasteiger partial charge >= 0.3 is 0 Å². The Morgan fingerprint density at radius 1 is 1.21 bits per heavy atom. The zero-order chi connectivity index (χ0) is 13.8. The number of nitrogens with zero attached hydrogens (tertiary/aromatic N) is 1. The molecule has 1 aromatic carbocycles. The topological polar surface area (TPSA) is 30.0 Å². The van der Waals surface area contributed by atoms with E-state index in [9.17, 15) is 4.79 Å². The number of halogens is 2. The fourth-order valence-electron chi connectivity index (χ4n) is 1.94. The number of Topliss-reactive ketones (excluding diaryl/α,β-unsaturated/α-hetero) is 1. The summed E-state index contributed by atoms with van der Waals surface area (Å²) in [4.78, 5) is 16.4. The second kappa shape index (κ2) is 6.18. The van der Waals surface area contributed by atoms with Gasteiger partial charge in [-0.15, -0.1) is 0 Å². The highest BCUT2D eigenvalue weighted by Gasteiger charge is 2.14. The lowest BCUT2D eigenvalue weighted by Crippen LogP contribution is -2.08. The zero-order valence-electron chi connectivity index (χ0n) is 10.5. The Morgan fingerprint density at radius 2 is 1.89 bits per heavy atom. The van der Waals surface area contributed by atoms with Gasteiger partial charge in [0.2, 0.25) is 0 Å². The lowest BCUT2D eigenvalue weighted by molar-refractivity contribution is 0.0992. The molecule has 19 heavy (non-hydrogen) atoms. The summed E-state index contributed by atoms with van der Waals surface area (Å²) in [5.74, 6) is 0.00856. The zero-order valence-corrected chi connectivity index (χ0v) is 12.0. The minimum absolute atomic E-state index is 0.00856. The summed E-state index contributed by atoms with van der Waals surface area (Å²) in [5, 5.41) is 1.04. The molecular formula is C15H13Cl2NO. The minimum atomic E-state index is 0.00856. The highest BCUT2D eigenvalue weighted by Crippen LogP contribution is 2.26. The molecule has 0 unspecified atom stereocenters. The third-order valence-electron chi connectivity index (χ3n) is 2.98. The Labute approximate surface area is 122 Å². The van der Waals surface area contributed by atoms with Crippen molar-refractivity contribution in [3.8, 4) is 0 Å². The number of carbonyl (C=O) groups excluding carboxylic acids is 1. The summed E-state index contributed by atoms with van der Waals surface area (Å²) in [6.07, 6.45) is 4.32. The normalized spacial score (nSPS) is 10.5. The van der Waals surface area contributed by atoms with Crippen LogP contribution in [0.25, 0.3) is 0 Å². The summed E-state index contributed by atoms with van der Waals surface area (Å²) >= 11 is 12.2. The molecule has 0 fully saturated rings. The Hall–Kier alpha value is -1.38. The van der Waals surface area contributed by atoms with Crippen molar-refractivity contribution in [2.24, 2.45) is 0 Å². The smallest absolute Gasteiger partial charge is 0.167 e. The van der Waals surface area contributed by atoms with Crippen molar-refractivity contribution in [2.45, 2.75) is 19.8 Å². The third kappa shape index (κ3) is 3.14. The summed E-state index contributed by atoms with van der Waals surface area (Å²) in [6.45, 7) is 2.00. The molecule has 0 atom stereocenters. The van der Waals surface area contributed by atoms with E-state index in [2.05, 4.69) is 4.98 Å². The van der Waals surface area contributed by atoms with Crippen molar-refractivity contribution < 1.29 is 4.79 Å². The van der Waals surface area contributed by atoms with Crippen molar-refractivity contribution in [2.75, 3.05) is 0 Å². The van der Waals surface area contributed by atoms with Gasteiger partial charge in [0, 0.05) is 34.4 Å². The van der Waals surface area contributed by atoms with Gasteiger partial charge in [0.05, 0.1) is 0 Å². The van der Waals surface area contributed by atoms with Crippen LogP contribution in [-0.2, 0) is 12.8 Å². The molecule has 1 aromatic heterocycles. The van der Waals surface area contributed by atoms with E-state index in [4.69, 9.17) is 23.2 Å². The van der Waals surface area contributed by atoms with Crippen LogP contribution in [0.15, 0.2) is 36.7 Å². The van der Waals surface area contributed by atoms with Crippen LogP contribution in [-0.4, -0.2) is 10.8 Å². The molecule has 98 valence electrons. The quantitative estimate of drug-likeness (QED) is 0.783. The standard InChI is InChI=1S/C15H13Cl2NO/c1-2-10-9-18-7-6-11(10)15(19)8-12-13(16)4-3-5-14(12)17/h3-7,9H,2,8H2,1H3. The maximum Gasteiger partial charge on any atom is 0.167 e. The molecule has 1 heterocycles. The number of carbonyl (C=O) groups is 1. The Bertz CT molecular complexity index is 591. The van der Waals surface area contributed by atoms with Crippen LogP contribution in [0, 0.1) is 0 Å². The van der Waals surface area contributed by atoms with E-state index in [0.29, 0.717) is 21.2 Å². The maximum atomic E-state index is 12.4. The predicted molar refractivity (Wildman–Crippen MR) is 78.1 cm³/mol. The van der Waals surface area contributed by atoms with E-state index in [1.807, 2.05) is 6.92 Å². The number of pyridine rings is 1. The molecule has 2 nitrogen and oxygen atoms in total. The first kappa shape index (κ1) is 14.0. The van der Waals surface area contributed by atoms with Crippen LogP contribution in [0.3, 0.4) is 0 Å². The van der Waals surface area contributed by atoms with E-state index >= 15 is 0 Å². The van der Waals surface area contributed by atoms with Crippen molar-refractivity contribution in [3.05, 3.63) is 63.4 Å². The number of benzene rings is 1. The lowest BCUT2D eigenvalue weighted by Gasteiger charge is -2.08. The van der Waals surface area contributed by atoms with Gasteiger partial charge < -0.3 is 0 Å². The fourth-order valence-corrected chi connectivity index (χ4v) is 2.47. The molecule has 2 rings (SSSR count). The van der Waals surface area contributed by atoms with E-state index in [1.165, 1.54) is 0 Å². The number of hydrogen-bond acceptors (Lipinski definition) is 2. The molecule has 0 N–H and O–H groups in total. The Balaban J connectivity index is 2.31. The van der Waals surface area contributed by atoms with Gasteiger partial charge in [-0.05, 0) is 35.7 Å². The van der Waals surface area contributed by atoms with Gasteiger partial charge in [-0.3, -0.25) is 9.78 Å². The number of ketones is 1. The summed E-state index contributed by atoms with van der Waals surface area (Å²) in [7, 11) is 0. The van der Waals surface area contributed by atoms with Gasteiger partial charge in [-0.2, -0.15) is 0 Å². The van der Waals surface area contributed by atoms with E-state index in [-0.39, 0.29) is 12.2 Å². The molecule has 0 aliphatic rings. The summed E-state index contributed by atoms with van der Waals surface area (Å²) in [5.41, 5.74) is 2.30. The number of aromatic nitrogens is 1. The first-order valence-corrected chi connectivity index (χ1v) is 6.78. The van der Waals surface area contributed by atoms with Gasteiger partial charge in [0.25, 0.3) is 0 Å². The molecule has 0 radical (unpaired) electrons. The molecule has 2 aromatic rings. The Morgan fingerprint density at radius 3 is 2.53 bits per heavy atom. The molecule has 0 amide bonds. The highest BCUT2D eigenvalue weighted by molar-refractivity contribution is 6.36. The Kier molecular flexibility index (Phi) is 4.56. The molecule has 0 aliphatic heterocycles. The summed E-state index contributed by atoms with van der Waals surface area (Å²) in [6, 6.07) is 6.99. The van der Waals surface area contributed by atoms with Crippen LogP contribution in [0.5, 0.6) is 0 Å². The summed E-state index contributed by atoms with van der Waals surface area (Å²) < 4.78 is 0. The molecule has 0 spiro atoms. The number of hydrogen-bond donors (Lipinski definition) is 0. The second-order valence-corrected chi connectivity index (χ2v) is 5.00. The molecule has 4 heteroatoms. The molecule has 0 saturated heterocycles. The maximum absolute atomic E-state index is 12.4. The van der Waals surface area contributed by atoms with Crippen molar-refractivity contribution in [3.63, 3.8) is 0 Å². The van der Waals surface area contributed by atoms with Crippen LogP contribution in [0.1, 0.15) is 28.4 Å². The van der Waals surface area contributed by atoms with E-state index in [1.54, 1.807) is 36.7 Å². The molecular weight excluding hydrogens is 281 g/mol. The van der Waals surface area contributed by atoms with E-state index < -0.39 is 0 Å². The number of rotatable bonds is 4. The SMILES string of the molecule is CCc1cnccc1C(=O)Cc1c(Cl)cccc1Cl. The van der Waals surface area contributed by atoms with Gasteiger partial charge in [-0.25, -0.2) is 0 Å². The van der Waals surface area contributed by atoms with Crippen molar-refractivity contribution in [1.29, 1.82) is 0 Å². The van der Waals surface area contributed by atoms with Gasteiger partial charge in [-0.1, -0.05) is 36.2 Å². The van der Waals surface area contributed by atoms with Gasteiger partial charge in [0.1, 0.15) is 0 Å². The van der Waals surface area contributed by atoms with Crippen LogP contribution in [0.2, 0.25) is 10.0 Å². The van der Waals surface area contributed by atoms with Crippen LogP contribution < -0.4 is 0 Å². The lowest BCUT2D eigenvalue weighted by atomic mass is 9.99. The average molecular weight is 294 g/mol. The first-order chi connectivity index (χ1) is 9.13.